The first-order valence-corrected chi connectivity index (χ1v) is 11.8. The maximum Gasteiger partial charge on any atom is 0.242 e. The fourth-order valence-corrected chi connectivity index (χ4v) is 4.97. The molecular weight excluding hydrogens is 415 g/mol. The molecule has 1 atom stereocenters. The molecule has 1 aliphatic carbocycles. The molecule has 31 heavy (non-hydrogen) atoms. The summed E-state index contributed by atoms with van der Waals surface area (Å²) in [5, 5.41) is 2.05. The molecule has 2 aliphatic rings. The second-order valence-corrected chi connectivity index (χ2v) is 9.73. The van der Waals surface area contributed by atoms with Crippen molar-refractivity contribution in [3.63, 3.8) is 0 Å². The zero-order chi connectivity index (χ0) is 22.0. The molecule has 166 valence electrons. The molecule has 4 rings (SSSR count). The molecule has 1 aliphatic heterocycles. The average molecular weight is 445 g/mol. The third-order valence-corrected chi connectivity index (χ3v) is 6.94. The second kappa shape index (κ2) is 9.39. The maximum absolute atomic E-state index is 13.4. The molecule has 1 unspecified atom stereocenters. The smallest absolute Gasteiger partial charge is 0.242 e. The fraction of sp³-hybridized carbons (Fsp3) is 0.500. The van der Waals surface area contributed by atoms with Gasteiger partial charge in [-0.05, 0) is 66.5 Å². The topological polar surface area (TPSA) is 49.9 Å². The molecule has 0 radical (unpaired) electrons. The molecule has 1 aromatic carbocycles. The number of carbonyl (C=O) groups excluding carboxylic acids is 2. The van der Waals surface area contributed by atoms with Gasteiger partial charge in [0.05, 0.1) is 12.6 Å². The van der Waals surface area contributed by atoms with Crippen LogP contribution in [0.3, 0.4) is 0 Å². The number of fused-ring (bicyclic) bond motifs is 1. The standard InChI is InChI=1S/C24H29FN2O3S/c1-16(2)24(29)26(13-17-3-4-17)14-23(28)27-11-9-22-20(10-12-31-22)21(27)15-30-19-7-5-18(25)6-8-19/h5-8,10,12,16-17,21H,3-4,9,11,13-15H2,1-2H3. The minimum absolute atomic E-state index is 0.0348. The van der Waals surface area contributed by atoms with Gasteiger partial charge in [-0.1, -0.05) is 13.8 Å². The van der Waals surface area contributed by atoms with Gasteiger partial charge in [-0.3, -0.25) is 9.59 Å². The van der Waals surface area contributed by atoms with E-state index < -0.39 is 0 Å². The van der Waals surface area contributed by atoms with Crippen LogP contribution < -0.4 is 4.74 Å². The lowest BCUT2D eigenvalue weighted by Crippen LogP contribution is -2.49. The minimum atomic E-state index is -0.312. The molecular formula is C24H29FN2O3S. The van der Waals surface area contributed by atoms with Crippen LogP contribution in [0.15, 0.2) is 35.7 Å². The Kier molecular flexibility index (Phi) is 6.60. The number of halogens is 1. The highest BCUT2D eigenvalue weighted by Crippen LogP contribution is 2.34. The zero-order valence-electron chi connectivity index (χ0n) is 18.1. The van der Waals surface area contributed by atoms with Crippen molar-refractivity contribution < 1.29 is 18.7 Å². The zero-order valence-corrected chi connectivity index (χ0v) is 18.9. The van der Waals surface area contributed by atoms with Gasteiger partial charge in [-0.2, -0.15) is 0 Å². The average Bonchev–Trinajstić information content (AvgIpc) is 3.44. The van der Waals surface area contributed by atoms with Crippen LogP contribution in [0.2, 0.25) is 0 Å². The summed E-state index contributed by atoms with van der Waals surface area (Å²) < 4.78 is 19.1. The van der Waals surface area contributed by atoms with Crippen LogP contribution in [0.1, 0.15) is 43.2 Å². The van der Waals surface area contributed by atoms with Crippen LogP contribution in [0.25, 0.3) is 0 Å². The predicted octanol–water partition coefficient (Wildman–Crippen LogP) is 4.29. The van der Waals surface area contributed by atoms with Gasteiger partial charge in [0.1, 0.15) is 18.2 Å². The van der Waals surface area contributed by atoms with Crippen LogP contribution in [0.4, 0.5) is 4.39 Å². The van der Waals surface area contributed by atoms with Crippen molar-refractivity contribution in [2.45, 2.75) is 39.2 Å². The predicted molar refractivity (Wildman–Crippen MR) is 119 cm³/mol. The molecule has 0 bridgehead atoms. The number of hydrogen-bond acceptors (Lipinski definition) is 4. The van der Waals surface area contributed by atoms with Crippen molar-refractivity contribution in [1.29, 1.82) is 0 Å². The summed E-state index contributed by atoms with van der Waals surface area (Å²) in [6.45, 7) is 5.44. The van der Waals surface area contributed by atoms with Gasteiger partial charge in [0.25, 0.3) is 0 Å². The van der Waals surface area contributed by atoms with E-state index >= 15 is 0 Å². The largest absolute Gasteiger partial charge is 0.491 e. The Hall–Kier alpha value is -2.41. The molecule has 7 heteroatoms. The molecule has 1 saturated carbocycles. The van der Waals surface area contributed by atoms with Crippen molar-refractivity contribution in [3.8, 4) is 5.75 Å². The van der Waals surface area contributed by atoms with Gasteiger partial charge in [0.15, 0.2) is 0 Å². The highest BCUT2D eigenvalue weighted by molar-refractivity contribution is 7.10. The number of nitrogens with zero attached hydrogens (tertiary/aromatic N) is 2. The third-order valence-electron chi connectivity index (χ3n) is 5.94. The monoisotopic (exact) mass is 444 g/mol. The number of rotatable bonds is 8. The van der Waals surface area contributed by atoms with E-state index in [1.807, 2.05) is 24.1 Å². The Morgan fingerprint density at radius 1 is 1.23 bits per heavy atom. The van der Waals surface area contributed by atoms with Crippen LogP contribution in [0.5, 0.6) is 5.75 Å². The second-order valence-electron chi connectivity index (χ2n) is 8.73. The van der Waals surface area contributed by atoms with E-state index in [0.717, 1.165) is 24.8 Å². The molecule has 1 fully saturated rings. The molecule has 0 spiro atoms. The first-order valence-electron chi connectivity index (χ1n) is 10.9. The van der Waals surface area contributed by atoms with Gasteiger partial charge in [-0.25, -0.2) is 4.39 Å². The lowest BCUT2D eigenvalue weighted by molar-refractivity contribution is -0.144. The summed E-state index contributed by atoms with van der Waals surface area (Å²) in [5.74, 6) is 0.646. The van der Waals surface area contributed by atoms with Gasteiger partial charge >= 0.3 is 0 Å². The van der Waals surface area contributed by atoms with Crippen LogP contribution in [0, 0.1) is 17.7 Å². The normalized spacial score (nSPS) is 18.1. The first kappa shape index (κ1) is 21.8. The summed E-state index contributed by atoms with van der Waals surface area (Å²) in [6, 6.07) is 7.75. The van der Waals surface area contributed by atoms with E-state index in [1.54, 1.807) is 28.4 Å². The van der Waals surface area contributed by atoms with Crippen LogP contribution in [-0.2, 0) is 16.0 Å². The van der Waals surface area contributed by atoms with Gasteiger partial charge in [0, 0.05) is 23.9 Å². The lowest BCUT2D eigenvalue weighted by Gasteiger charge is -2.37. The van der Waals surface area contributed by atoms with Gasteiger partial charge in [-0.15, -0.1) is 11.3 Å². The molecule has 0 N–H and O–H groups in total. The number of thiophene rings is 1. The number of amides is 2. The summed E-state index contributed by atoms with van der Waals surface area (Å²) >= 11 is 1.70. The molecule has 2 aromatic rings. The van der Waals surface area contributed by atoms with E-state index in [0.29, 0.717) is 31.4 Å². The maximum atomic E-state index is 13.4. The Balaban J connectivity index is 1.49. The summed E-state index contributed by atoms with van der Waals surface area (Å²) in [7, 11) is 0. The Bertz CT molecular complexity index is 923. The molecule has 5 nitrogen and oxygen atoms in total. The van der Waals surface area contributed by atoms with Gasteiger partial charge < -0.3 is 14.5 Å². The van der Waals surface area contributed by atoms with E-state index in [2.05, 4.69) is 6.07 Å². The highest BCUT2D eigenvalue weighted by atomic mass is 32.1. The van der Waals surface area contributed by atoms with Crippen molar-refractivity contribution in [3.05, 3.63) is 52.0 Å². The Morgan fingerprint density at radius 2 is 1.97 bits per heavy atom. The van der Waals surface area contributed by atoms with Crippen molar-refractivity contribution in [2.24, 2.45) is 11.8 Å². The van der Waals surface area contributed by atoms with Crippen LogP contribution in [-0.4, -0.2) is 47.9 Å². The van der Waals surface area contributed by atoms with E-state index in [-0.39, 0.29) is 36.1 Å². The summed E-state index contributed by atoms with van der Waals surface area (Å²) in [6.07, 6.45) is 3.07. The summed E-state index contributed by atoms with van der Waals surface area (Å²) in [4.78, 5) is 30.9. The summed E-state index contributed by atoms with van der Waals surface area (Å²) in [5.41, 5.74) is 1.11. The molecule has 0 saturated heterocycles. The van der Waals surface area contributed by atoms with Gasteiger partial charge in [0.2, 0.25) is 11.8 Å². The third kappa shape index (κ3) is 5.26. The lowest BCUT2D eigenvalue weighted by atomic mass is 10.00. The quantitative estimate of drug-likeness (QED) is 0.610. The first-order chi connectivity index (χ1) is 14.9. The minimum Gasteiger partial charge on any atom is -0.491 e. The van der Waals surface area contributed by atoms with E-state index in [4.69, 9.17) is 4.74 Å². The van der Waals surface area contributed by atoms with Crippen molar-refractivity contribution >= 4 is 23.2 Å². The molecule has 2 amide bonds. The van der Waals surface area contributed by atoms with E-state index in [9.17, 15) is 14.0 Å². The van der Waals surface area contributed by atoms with Crippen molar-refractivity contribution in [1.82, 2.24) is 9.80 Å². The highest BCUT2D eigenvalue weighted by Gasteiger charge is 2.35. The molecule has 2 heterocycles. The fourth-order valence-electron chi connectivity index (χ4n) is 4.04. The Labute approximate surface area is 186 Å². The van der Waals surface area contributed by atoms with Crippen molar-refractivity contribution in [2.75, 3.05) is 26.2 Å². The number of benzene rings is 1. The SMILES string of the molecule is CC(C)C(=O)N(CC(=O)N1CCc2sccc2C1COc1ccc(F)cc1)CC1CC1. The molecule has 1 aromatic heterocycles. The van der Waals surface area contributed by atoms with Crippen LogP contribution >= 0.6 is 11.3 Å². The van der Waals surface area contributed by atoms with E-state index in [1.165, 1.54) is 17.0 Å². The number of carbonyl (C=O) groups is 2. The number of hydrogen-bond donors (Lipinski definition) is 0. The Morgan fingerprint density at radius 3 is 2.65 bits per heavy atom. The number of ether oxygens (including phenoxy) is 1.